The van der Waals surface area contributed by atoms with E-state index in [1.54, 1.807) is 17.1 Å². The van der Waals surface area contributed by atoms with Crippen LogP contribution in [0, 0.1) is 6.92 Å². The Balaban J connectivity index is 1.83. The van der Waals surface area contributed by atoms with Gasteiger partial charge in [-0.05, 0) is 24.1 Å². The Kier molecular flexibility index (Phi) is 3.46. The maximum atomic E-state index is 5.83. The summed E-state index contributed by atoms with van der Waals surface area (Å²) in [5, 5.41) is 4.29. The van der Waals surface area contributed by atoms with Crippen LogP contribution in [0.2, 0.25) is 0 Å². The fourth-order valence-corrected chi connectivity index (χ4v) is 1.99. The number of hydrogen-bond acceptors (Lipinski definition) is 3. The van der Waals surface area contributed by atoms with Crippen LogP contribution in [0.15, 0.2) is 60.9 Å². The van der Waals surface area contributed by atoms with Crippen molar-refractivity contribution in [2.45, 2.75) is 13.5 Å². The van der Waals surface area contributed by atoms with Crippen LogP contribution in [0.1, 0.15) is 11.1 Å². The number of aromatic nitrogens is 3. The van der Waals surface area contributed by atoms with Gasteiger partial charge in [0.15, 0.2) is 5.82 Å². The van der Waals surface area contributed by atoms with Crippen molar-refractivity contribution in [2.24, 2.45) is 0 Å². The first-order valence-electron chi connectivity index (χ1n) is 6.47. The maximum Gasteiger partial charge on any atom is 0.218 e. The smallest absolute Gasteiger partial charge is 0.218 e. The first kappa shape index (κ1) is 12.4. The van der Waals surface area contributed by atoms with Gasteiger partial charge in [0.2, 0.25) is 5.88 Å². The zero-order chi connectivity index (χ0) is 13.8. The standard InChI is InChI=1S/C16H15N3O/c1-13-6-5-10-17-16(13)19-15(9-11-18-19)20-12-14-7-3-2-4-8-14/h2-11H,12H2,1H3. The molecule has 0 saturated heterocycles. The Hall–Kier alpha value is -2.62. The molecule has 100 valence electrons. The predicted octanol–water partition coefficient (Wildman–Crippen LogP) is 3.15. The zero-order valence-electron chi connectivity index (χ0n) is 11.2. The Labute approximate surface area is 117 Å². The van der Waals surface area contributed by atoms with Gasteiger partial charge in [-0.1, -0.05) is 36.4 Å². The molecule has 0 fully saturated rings. The summed E-state index contributed by atoms with van der Waals surface area (Å²) in [4.78, 5) is 4.36. The molecular formula is C16H15N3O. The molecule has 0 unspecified atom stereocenters. The number of benzene rings is 1. The molecule has 0 radical (unpaired) electrons. The summed E-state index contributed by atoms with van der Waals surface area (Å²) in [6.07, 6.45) is 3.47. The van der Waals surface area contributed by atoms with Crippen molar-refractivity contribution in [2.75, 3.05) is 0 Å². The molecule has 2 heterocycles. The minimum Gasteiger partial charge on any atom is -0.473 e. The highest BCUT2D eigenvalue weighted by molar-refractivity contribution is 5.34. The number of pyridine rings is 1. The van der Waals surface area contributed by atoms with Gasteiger partial charge in [-0.15, -0.1) is 0 Å². The van der Waals surface area contributed by atoms with Crippen LogP contribution in [-0.2, 0) is 6.61 Å². The monoisotopic (exact) mass is 265 g/mol. The van der Waals surface area contributed by atoms with Crippen molar-refractivity contribution < 1.29 is 4.74 Å². The van der Waals surface area contributed by atoms with Crippen LogP contribution in [0.5, 0.6) is 5.88 Å². The van der Waals surface area contributed by atoms with Crippen molar-refractivity contribution in [1.29, 1.82) is 0 Å². The lowest BCUT2D eigenvalue weighted by atomic mass is 10.2. The molecule has 3 rings (SSSR count). The average Bonchev–Trinajstić information content (AvgIpc) is 2.95. The van der Waals surface area contributed by atoms with E-state index in [1.807, 2.05) is 55.5 Å². The van der Waals surface area contributed by atoms with Gasteiger partial charge < -0.3 is 4.74 Å². The molecule has 2 aromatic heterocycles. The normalized spacial score (nSPS) is 10.4. The molecule has 1 aromatic carbocycles. The van der Waals surface area contributed by atoms with Crippen LogP contribution in [-0.4, -0.2) is 14.8 Å². The molecule has 4 heteroatoms. The zero-order valence-corrected chi connectivity index (χ0v) is 11.2. The third kappa shape index (κ3) is 2.54. The number of rotatable bonds is 4. The maximum absolute atomic E-state index is 5.83. The number of hydrogen-bond donors (Lipinski definition) is 0. The van der Waals surface area contributed by atoms with Crippen LogP contribution in [0.25, 0.3) is 5.82 Å². The third-order valence-corrected chi connectivity index (χ3v) is 3.02. The van der Waals surface area contributed by atoms with Crippen molar-refractivity contribution in [3.05, 3.63) is 72.1 Å². The summed E-state index contributed by atoms with van der Waals surface area (Å²) in [6.45, 7) is 2.52. The Bertz CT molecular complexity index is 692. The van der Waals surface area contributed by atoms with E-state index in [9.17, 15) is 0 Å². The summed E-state index contributed by atoms with van der Waals surface area (Å²) in [6, 6.07) is 15.8. The minimum absolute atomic E-state index is 0.512. The van der Waals surface area contributed by atoms with Gasteiger partial charge in [-0.3, -0.25) is 0 Å². The summed E-state index contributed by atoms with van der Waals surface area (Å²) < 4.78 is 7.55. The average molecular weight is 265 g/mol. The van der Waals surface area contributed by atoms with E-state index in [0.29, 0.717) is 12.5 Å². The molecule has 4 nitrogen and oxygen atoms in total. The van der Waals surface area contributed by atoms with Gasteiger partial charge >= 0.3 is 0 Å². The van der Waals surface area contributed by atoms with Gasteiger partial charge in [-0.2, -0.15) is 9.78 Å². The van der Waals surface area contributed by atoms with E-state index in [4.69, 9.17) is 4.74 Å². The molecule has 0 saturated carbocycles. The SMILES string of the molecule is Cc1cccnc1-n1nccc1OCc1ccccc1. The fourth-order valence-electron chi connectivity index (χ4n) is 1.99. The lowest BCUT2D eigenvalue weighted by molar-refractivity contribution is 0.284. The minimum atomic E-state index is 0.512. The van der Waals surface area contributed by atoms with Crippen LogP contribution in [0.3, 0.4) is 0 Å². The molecule has 0 bridgehead atoms. The van der Waals surface area contributed by atoms with E-state index < -0.39 is 0 Å². The van der Waals surface area contributed by atoms with Gasteiger partial charge in [0.25, 0.3) is 0 Å². The van der Waals surface area contributed by atoms with Gasteiger partial charge in [0, 0.05) is 12.3 Å². The molecule has 0 aliphatic carbocycles. The van der Waals surface area contributed by atoms with Crippen molar-refractivity contribution >= 4 is 0 Å². The molecule has 0 amide bonds. The highest BCUT2D eigenvalue weighted by Gasteiger charge is 2.09. The first-order valence-corrected chi connectivity index (χ1v) is 6.47. The highest BCUT2D eigenvalue weighted by atomic mass is 16.5. The molecule has 0 spiro atoms. The molecule has 20 heavy (non-hydrogen) atoms. The summed E-state index contributed by atoms with van der Waals surface area (Å²) in [5.74, 6) is 1.48. The lowest BCUT2D eigenvalue weighted by Crippen LogP contribution is -2.06. The number of ether oxygens (including phenoxy) is 1. The summed E-state index contributed by atoms with van der Waals surface area (Å²) >= 11 is 0. The highest BCUT2D eigenvalue weighted by Crippen LogP contribution is 2.18. The van der Waals surface area contributed by atoms with Gasteiger partial charge in [-0.25, -0.2) is 4.98 Å². The lowest BCUT2D eigenvalue weighted by Gasteiger charge is -2.10. The molecule has 3 aromatic rings. The molecular weight excluding hydrogens is 250 g/mol. The number of aryl methyl sites for hydroxylation is 1. The van der Waals surface area contributed by atoms with Crippen molar-refractivity contribution in [3.8, 4) is 11.7 Å². The Morgan fingerprint density at radius 3 is 2.65 bits per heavy atom. The fraction of sp³-hybridized carbons (Fsp3) is 0.125. The van der Waals surface area contributed by atoms with E-state index in [-0.39, 0.29) is 0 Å². The van der Waals surface area contributed by atoms with E-state index in [0.717, 1.165) is 16.9 Å². The van der Waals surface area contributed by atoms with Crippen LogP contribution < -0.4 is 4.74 Å². The van der Waals surface area contributed by atoms with E-state index >= 15 is 0 Å². The van der Waals surface area contributed by atoms with E-state index in [2.05, 4.69) is 10.1 Å². The molecule has 0 aliphatic rings. The van der Waals surface area contributed by atoms with Gasteiger partial charge in [0.1, 0.15) is 6.61 Å². The first-order chi connectivity index (χ1) is 9.84. The molecule has 0 atom stereocenters. The summed E-state index contributed by atoms with van der Waals surface area (Å²) in [7, 11) is 0. The molecule has 0 N–H and O–H groups in total. The largest absolute Gasteiger partial charge is 0.473 e. The third-order valence-electron chi connectivity index (χ3n) is 3.02. The second kappa shape index (κ2) is 5.57. The van der Waals surface area contributed by atoms with Gasteiger partial charge in [0.05, 0.1) is 6.20 Å². The van der Waals surface area contributed by atoms with Crippen molar-refractivity contribution in [1.82, 2.24) is 14.8 Å². The van der Waals surface area contributed by atoms with Crippen LogP contribution in [0.4, 0.5) is 0 Å². The van der Waals surface area contributed by atoms with Crippen molar-refractivity contribution in [3.63, 3.8) is 0 Å². The quantitative estimate of drug-likeness (QED) is 0.727. The second-order valence-corrected chi connectivity index (χ2v) is 4.50. The Morgan fingerprint density at radius 1 is 1.00 bits per heavy atom. The predicted molar refractivity (Wildman–Crippen MR) is 76.9 cm³/mol. The van der Waals surface area contributed by atoms with Crippen LogP contribution >= 0.6 is 0 Å². The van der Waals surface area contributed by atoms with E-state index in [1.165, 1.54) is 0 Å². The Morgan fingerprint density at radius 2 is 1.85 bits per heavy atom. The summed E-state index contributed by atoms with van der Waals surface area (Å²) in [5.41, 5.74) is 2.18. The topological polar surface area (TPSA) is 39.9 Å². The second-order valence-electron chi connectivity index (χ2n) is 4.50. The molecule has 0 aliphatic heterocycles. The number of nitrogens with zero attached hydrogens (tertiary/aromatic N) is 3.